The van der Waals surface area contributed by atoms with Gasteiger partial charge in [-0.25, -0.2) is 0 Å². The highest BCUT2D eigenvalue weighted by molar-refractivity contribution is 5.80. The first kappa shape index (κ1) is 20.4. The van der Waals surface area contributed by atoms with Crippen LogP contribution in [-0.2, 0) is 4.79 Å². The van der Waals surface area contributed by atoms with E-state index in [1.165, 1.54) is 26.2 Å². The molecule has 0 radical (unpaired) electrons. The number of aliphatic imine (C=N–C) groups is 1. The molecule has 1 amide bonds. The van der Waals surface area contributed by atoms with E-state index in [1.54, 1.807) is 4.90 Å². The van der Waals surface area contributed by atoms with Crippen LogP contribution < -0.4 is 10.6 Å². The second-order valence-corrected chi connectivity index (χ2v) is 8.19. The fourth-order valence-electron chi connectivity index (χ4n) is 4.18. The Morgan fingerprint density at radius 3 is 2.37 bits per heavy atom. The first-order chi connectivity index (χ1) is 13.0. The van der Waals surface area contributed by atoms with Gasteiger partial charge in [0.15, 0.2) is 5.96 Å². The third kappa shape index (κ3) is 5.80. The lowest BCUT2D eigenvalue weighted by Crippen LogP contribution is -2.62. The molecule has 154 valence electrons. The second kappa shape index (κ2) is 9.71. The number of guanidine groups is 1. The monoisotopic (exact) mass is 379 g/mol. The Kier molecular flexibility index (Phi) is 7.32. The SMILES string of the molecule is CCNC(=NCC1CN2CCN1CC2)NC1CCN(CC(=O)N(C)C)CC1. The van der Waals surface area contributed by atoms with Gasteiger partial charge in [-0.3, -0.25) is 24.5 Å². The van der Waals surface area contributed by atoms with Gasteiger partial charge in [0.2, 0.25) is 5.91 Å². The fraction of sp³-hybridized carbons (Fsp3) is 0.895. The van der Waals surface area contributed by atoms with Crippen LogP contribution in [0.3, 0.4) is 0 Å². The van der Waals surface area contributed by atoms with Crippen molar-refractivity contribution in [2.24, 2.45) is 4.99 Å². The molecular weight excluding hydrogens is 342 g/mol. The van der Waals surface area contributed by atoms with Crippen LogP contribution in [0.2, 0.25) is 0 Å². The number of amides is 1. The summed E-state index contributed by atoms with van der Waals surface area (Å²) in [5.41, 5.74) is 0. The molecule has 2 N–H and O–H groups in total. The molecule has 0 saturated carbocycles. The summed E-state index contributed by atoms with van der Waals surface area (Å²) in [5, 5.41) is 7.03. The number of likely N-dealkylation sites (N-methyl/N-ethyl adjacent to an activating group) is 1. The van der Waals surface area contributed by atoms with Gasteiger partial charge in [0, 0.05) is 78.5 Å². The zero-order valence-electron chi connectivity index (χ0n) is 17.3. The summed E-state index contributed by atoms with van der Waals surface area (Å²) in [6.45, 7) is 12.3. The third-order valence-electron chi connectivity index (χ3n) is 5.98. The smallest absolute Gasteiger partial charge is 0.236 e. The molecule has 2 bridgehead atoms. The number of piperidine rings is 1. The molecule has 1 unspecified atom stereocenters. The molecular formula is C19H37N7O. The number of fused-ring (bicyclic) bond motifs is 3. The lowest BCUT2D eigenvalue weighted by molar-refractivity contribution is -0.130. The molecule has 0 spiro atoms. The minimum absolute atomic E-state index is 0.184. The summed E-state index contributed by atoms with van der Waals surface area (Å²) in [6, 6.07) is 0.988. The normalized spacial score (nSPS) is 29.6. The number of rotatable bonds is 6. The number of hydrogen-bond donors (Lipinski definition) is 2. The van der Waals surface area contributed by atoms with Gasteiger partial charge in [0.25, 0.3) is 0 Å². The van der Waals surface area contributed by atoms with Crippen molar-refractivity contribution in [2.45, 2.75) is 31.8 Å². The summed E-state index contributed by atoms with van der Waals surface area (Å²) in [6.07, 6.45) is 2.10. The van der Waals surface area contributed by atoms with E-state index in [2.05, 4.69) is 32.3 Å². The topological polar surface area (TPSA) is 66.5 Å². The van der Waals surface area contributed by atoms with Crippen molar-refractivity contribution in [3.8, 4) is 0 Å². The lowest BCUT2D eigenvalue weighted by Gasteiger charge is -2.47. The molecule has 4 heterocycles. The highest BCUT2D eigenvalue weighted by Crippen LogP contribution is 2.16. The summed E-state index contributed by atoms with van der Waals surface area (Å²) in [5.74, 6) is 1.13. The maximum Gasteiger partial charge on any atom is 0.236 e. The third-order valence-corrected chi connectivity index (χ3v) is 5.98. The Balaban J connectivity index is 1.45. The Morgan fingerprint density at radius 1 is 1.11 bits per heavy atom. The number of carbonyl (C=O) groups excluding carboxylic acids is 1. The molecule has 0 aliphatic carbocycles. The molecule has 4 rings (SSSR count). The van der Waals surface area contributed by atoms with E-state index in [0.29, 0.717) is 18.6 Å². The zero-order chi connectivity index (χ0) is 19.2. The lowest BCUT2D eigenvalue weighted by atomic mass is 10.1. The van der Waals surface area contributed by atoms with E-state index >= 15 is 0 Å². The summed E-state index contributed by atoms with van der Waals surface area (Å²) in [7, 11) is 3.64. The minimum Gasteiger partial charge on any atom is -0.357 e. The van der Waals surface area contributed by atoms with Crippen molar-refractivity contribution in [3.05, 3.63) is 0 Å². The van der Waals surface area contributed by atoms with Crippen LogP contribution in [0, 0.1) is 0 Å². The second-order valence-electron chi connectivity index (χ2n) is 8.19. The minimum atomic E-state index is 0.184. The number of nitrogens with one attached hydrogen (secondary N) is 2. The van der Waals surface area contributed by atoms with E-state index in [4.69, 9.17) is 4.99 Å². The largest absolute Gasteiger partial charge is 0.357 e. The predicted molar refractivity (Wildman–Crippen MR) is 109 cm³/mol. The molecule has 8 nitrogen and oxygen atoms in total. The number of carbonyl (C=O) groups is 1. The van der Waals surface area contributed by atoms with Crippen molar-refractivity contribution in [1.29, 1.82) is 0 Å². The first-order valence-electron chi connectivity index (χ1n) is 10.5. The van der Waals surface area contributed by atoms with Crippen molar-refractivity contribution >= 4 is 11.9 Å². The van der Waals surface area contributed by atoms with Gasteiger partial charge in [0.05, 0.1) is 13.1 Å². The van der Waals surface area contributed by atoms with Crippen LogP contribution in [0.1, 0.15) is 19.8 Å². The van der Waals surface area contributed by atoms with Gasteiger partial charge in [0.1, 0.15) is 0 Å². The molecule has 0 aromatic heterocycles. The number of hydrogen-bond acceptors (Lipinski definition) is 5. The quantitative estimate of drug-likeness (QED) is 0.460. The Morgan fingerprint density at radius 2 is 1.81 bits per heavy atom. The first-order valence-corrected chi connectivity index (χ1v) is 10.5. The van der Waals surface area contributed by atoms with E-state index < -0.39 is 0 Å². The molecule has 8 heteroatoms. The Bertz CT molecular complexity index is 508. The van der Waals surface area contributed by atoms with Gasteiger partial charge in [-0.1, -0.05) is 0 Å². The van der Waals surface area contributed by atoms with Crippen LogP contribution in [0.4, 0.5) is 0 Å². The van der Waals surface area contributed by atoms with Crippen molar-refractivity contribution in [2.75, 3.05) is 79.5 Å². The van der Waals surface area contributed by atoms with Gasteiger partial charge in [-0.2, -0.15) is 0 Å². The predicted octanol–water partition coefficient (Wildman–Crippen LogP) is -0.906. The van der Waals surface area contributed by atoms with Crippen molar-refractivity contribution < 1.29 is 4.79 Å². The highest BCUT2D eigenvalue weighted by Gasteiger charge is 2.31. The Hall–Kier alpha value is -1.38. The van der Waals surface area contributed by atoms with Crippen LogP contribution in [0.5, 0.6) is 0 Å². The van der Waals surface area contributed by atoms with Crippen LogP contribution >= 0.6 is 0 Å². The molecule has 0 aromatic rings. The van der Waals surface area contributed by atoms with Gasteiger partial charge >= 0.3 is 0 Å². The number of likely N-dealkylation sites (tertiary alicyclic amines) is 1. The van der Waals surface area contributed by atoms with E-state index in [1.807, 2.05) is 14.1 Å². The summed E-state index contributed by atoms with van der Waals surface area (Å²) in [4.78, 5) is 25.8. The van der Waals surface area contributed by atoms with E-state index in [9.17, 15) is 4.79 Å². The van der Waals surface area contributed by atoms with Crippen molar-refractivity contribution in [3.63, 3.8) is 0 Å². The zero-order valence-corrected chi connectivity index (χ0v) is 17.3. The van der Waals surface area contributed by atoms with E-state index in [-0.39, 0.29) is 5.91 Å². The molecule has 1 atom stereocenters. The number of piperazine rings is 3. The summed E-state index contributed by atoms with van der Waals surface area (Å²) < 4.78 is 0. The number of nitrogens with zero attached hydrogens (tertiary/aromatic N) is 5. The van der Waals surface area contributed by atoms with Gasteiger partial charge < -0.3 is 15.5 Å². The standard InChI is InChI=1S/C19H37N7O/c1-4-20-19(21-13-17-14-25-9-11-26(17)12-10-25)22-16-5-7-24(8-6-16)15-18(27)23(2)3/h16-17H,4-15H2,1-3H3,(H2,20,21,22). The highest BCUT2D eigenvalue weighted by atomic mass is 16.2. The molecule has 27 heavy (non-hydrogen) atoms. The molecule has 4 aliphatic heterocycles. The molecule has 4 fully saturated rings. The maximum absolute atomic E-state index is 11.9. The van der Waals surface area contributed by atoms with Gasteiger partial charge in [-0.05, 0) is 19.8 Å². The Labute approximate surface area is 163 Å². The average molecular weight is 380 g/mol. The van der Waals surface area contributed by atoms with Gasteiger partial charge in [-0.15, -0.1) is 0 Å². The molecule has 4 saturated heterocycles. The fourth-order valence-corrected chi connectivity index (χ4v) is 4.18. The van der Waals surface area contributed by atoms with E-state index in [0.717, 1.165) is 51.5 Å². The van der Waals surface area contributed by atoms with Crippen LogP contribution in [0.25, 0.3) is 0 Å². The molecule has 0 aromatic carbocycles. The van der Waals surface area contributed by atoms with Crippen LogP contribution in [-0.4, -0.2) is 123 Å². The average Bonchev–Trinajstić information content (AvgIpc) is 2.68. The van der Waals surface area contributed by atoms with Crippen LogP contribution in [0.15, 0.2) is 4.99 Å². The maximum atomic E-state index is 11.9. The summed E-state index contributed by atoms with van der Waals surface area (Å²) >= 11 is 0. The molecule has 4 aliphatic rings. The van der Waals surface area contributed by atoms with Crippen molar-refractivity contribution in [1.82, 2.24) is 30.2 Å².